The average Bonchev–Trinajstić information content (AvgIpc) is 2.71. The van der Waals surface area contributed by atoms with E-state index in [1.54, 1.807) is 14.0 Å². The van der Waals surface area contributed by atoms with Crippen molar-refractivity contribution in [2.24, 2.45) is 0 Å². The maximum atomic E-state index is 12.4. The molecular weight excluding hydrogens is 380 g/mol. The third kappa shape index (κ3) is 4.97. The van der Waals surface area contributed by atoms with Gasteiger partial charge in [-0.1, -0.05) is 12.1 Å². The van der Waals surface area contributed by atoms with Gasteiger partial charge in [-0.25, -0.2) is 9.78 Å². The Hall–Kier alpha value is -3.35. The molecule has 3 rings (SSSR count). The fourth-order valence-corrected chi connectivity index (χ4v) is 2.95. The van der Waals surface area contributed by atoms with Crippen molar-refractivity contribution in [1.29, 1.82) is 0 Å². The molecular formula is C23H28N4O3. The minimum Gasteiger partial charge on any atom is -0.497 e. The number of nitrogens with zero attached hydrogens (tertiary/aromatic N) is 3. The topological polar surface area (TPSA) is 76.6 Å². The molecule has 158 valence electrons. The Morgan fingerprint density at radius 2 is 1.73 bits per heavy atom. The zero-order valence-corrected chi connectivity index (χ0v) is 18.3. The average molecular weight is 409 g/mol. The largest absolute Gasteiger partial charge is 0.497 e. The number of esters is 1. The first kappa shape index (κ1) is 21.4. The number of aromatic nitrogens is 2. The fraction of sp³-hybridized carbons (Fsp3) is 0.348. The fourth-order valence-electron chi connectivity index (χ4n) is 2.95. The van der Waals surface area contributed by atoms with Gasteiger partial charge in [0.2, 0.25) is 5.95 Å². The van der Waals surface area contributed by atoms with Gasteiger partial charge in [-0.3, -0.25) is 0 Å². The van der Waals surface area contributed by atoms with Crippen LogP contribution >= 0.6 is 0 Å². The van der Waals surface area contributed by atoms with Crippen LogP contribution in [0.15, 0.2) is 48.5 Å². The van der Waals surface area contributed by atoms with Crippen LogP contribution in [0.4, 0.5) is 17.5 Å². The molecule has 0 aliphatic carbocycles. The standard InChI is InChI=1S/C23H28N4O3/c1-15(21(28)30-23(2,3)4)24-22-25-19-10-8-7-9-18(19)20(26-22)27(5)16-11-13-17(29-6)14-12-16/h7-15H,1-6H3,(H,24,25,26)/t15-/m0/s1. The molecule has 7 nitrogen and oxygen atoms in total. The molecule has 0 aliphatic rings. The zero-order valence-electron chi connectivity index (χ0n) is 18.3. The number of para-hydroxylation sites is 1. The predicted molar refractivity (Wildman–Crippen MR) is 120 cm³/mol. The first-order chi connectivity index (χ1) is 14.2. The van der Waals surface area contributed by atoms with Gasteiger partial charge >= 0.3 is 5.97 Å². The molecule has 1 aromatic heterocycles. The van der Waals surface area contributed by atoms with E-state index in [-0.39, 0.29) is 5.97 Å². The Bertz CT molecular complexity index is 1030. The van der Waals surface area contributed by atoms with Crippen LogP contribution in [0, 0.1) is 0 Å². The van der Waals surface area contributed by atoms with Gasteiger partial charge in [-0.2, -0.15) is 4.98 Å². The summed E-state index contributed by atoms with van der Waals surface area (Å²) in [6.07, 6.45) is 0. The van der Waals surface area contributed by atoms with Crippen molar-refractivity contribution in [3.63, 3.8) is 0 Å². The lowest BCUT2D eigenvalue weighted by molar-refractivity contribution is -0.155. The summed E-state index contributed by atoms with van der Waals surface area (Å²) in [5.41, 5.74) is 1.17. The summed E-state index contributed by atoms with van der Waals surface area (Å²) in [4.78, 5) is 23.6. The highest BCUT2D eigenvalue weighted by molar-refractivity contribution is 5.92. The van der Waals surface area contributed by atoms with Gasteiger partial charge < -0.3 is 19.7 Å². The molecule has 2 aromatic carbocycles. The SMILES string of the molecule is COc1ccc(N(C)c2nc(N[C@@H](C)C(=O)OC(C)(C)C)nc3ccccc23)cc1. The predicted octanol–water partition coefficient (Wildman–Crippen LogP) is 4.55. The second-order valence-corrected chi connectivity index (χ2v) is 8.04. The van der Waals surface area contributed by atoms with Gasteiger partial charge in [-0.05, 0) is 64.1 Å². The van der Waals surface area contributed by atoms with Crippen LogP contribution in [0.25, 0.3) is 10.9 Å². The maximum absolute atomic E-state index is 12.4. The Balaban J connectivity index is 1.95. The molecule has 0 fully saturated rings. The van der Waals surface area contributed by atoms with E-state index in [0.29, 0.717) is 5.95 Å². The smallest absolute Gasteiger partial charge is 0.328 e. The molecule has 0 aliphatic heterocycles. The molecule has 1 heterocycles. The molecule has 0 spiro atoms. The van der Waals surface area contributed by atoms with Gasteiger partial charge in [0, 0.05) is 18.1 Å². The van der Waals surface area contributed by atoms with E-state index in [4.69, 9.17) is 14.5 Å². The molecule has 0 radical (unpaired) electrons. The number of hydrogen-bond acceptors (Lipinski definition) is 7. The van der Waals surface area contributed by atoms with Gasteiger partial charge in [0.25, 0.3) is 0 Å². The Morgan fingerprint density at radius 1 is 1.07 bits per heavy atom. The van der Waals surface area contributed by atoms with Crippen LogP contribution in [0.1, 0.15) is 27.7 Å². The minimum absolute atomic E-state index is 0.357. The van der Waals surface area contributed by atoms with E-state index in [0.717, 1.165) is 28.2 Å². The highest BCUT2D eigenvalue weighted by atomic mass is 16.6. The second kappa shape index (κ2) is 8.57. The van der Waals surface area contributed by atoms with Crippen LogP contribution in [-0.2, 0) is 9.53 Å². The third-order valence-corrected chi connectivity index (χ3v) is 4.47. The molecule has 1 N–H and O–H groups in total. The quantitative estimate of drug-likeness (QED) is 0.600. The van der Waals surface area contributed by atoms with E-state index < -0.39 is 11.6 Å². The highest BCUT2D eigenvalue weighted by Crippen LogP contribution is 2.30. The van der Waals surface area contributed by atoms with Gasteiger partial charge in [0.05, 0.1) is 12.6 Å². The summed E-state index contributed by atoms with van der Waals surface area (Å²) in [5.74, 6) is 1.52. The van der Waals surface area contributed by atoms with Crippen molar-refractivity contribution in [1.82, 2.24) is 9.97 Å². The van der Waals surface area contributed by atoms with Crippen molar-refractivity contribution >= 4 is 34.3 Å². The first-order valence-corrected chi connectivity index (χ1v) is 9.82. The first-order valence-electron chi connectivity index (χ1n) is 9.82. The lowest BCUT2D eigenvalue weighted by Gasteiger charge is -2.24. The van der Waals surface area contributed by atoms with E-state index in [1.165, 1.54) is 0 Å². The Labute approximate surface area is 177 Å². The van der Waals surface area contributed by atoms with E-state index in [1.807, 2.05) is 81.2 Å². The van der Waals surface area contributed by atoms with Crippen molar-refractivity contribution in [3.8, 4) is 5.75 Å². The Morgan fingerprint density at radius 3 is 2.37 bits per heavy atom. The van der Waals surface area contributed by atoms with Crippen molar-refractivity contribution < 1.29 is 14.3 Å². The number of rotatable bonds is 6. The van der Waals surface area contributed by atoms with Crippen LogP contribution in [-0.4, -0.2) is 41.7 Å². The van der Waals surface area contributed by atoms with Crippen LogP contribution < -0.4 is 15.0 Å². The molecule has 3 aromatic rings. The highest BCUT2D eigenvalue weighted by Gasteiger charge is 2.23. The van der Waals surface area contributed by atoms with Crippen molar-refractivity contribution in [2.75, 3.05) is 24.4 Å². The van der Waals surface area contributed by atoms with Crippen molar-refractivity contribution in [2.45, 2.75) is 39.3 Å². The van der Waals surface area contributed by atoms with E-state index >= 15 is 0 Å². The molecule has 0 unspecified atom stereocenters. The molecule has 1 atom stereocenters. The number of carbonyl (C=O) groups excluding carboxylic acids is 1. The third-order valence-electron chi connectivity index (χ3n) is 4.47. The minimum atomic E-state index is -0.593. The van der Waals surface area contributed by atoms with Gasteiger partial charge in [0.1, 0.15) is 23.2 Å². The normalized spacial score (nSPS) is 12.3. The maximum Gasteiger partial charge on any atom is 0.328 e. The number of anilines is 3. The van der Waals surface area contributed by atoms with Crippen LogP contribution in [0.3, 0.4) is 0 Å². The number of fused-ring (bicyclic) bond motifs is 1. The lowest BCUT2D eigenvalue weighted by Crippen LogP contribution is -2.35. The zero-order chi connectivity index (χ0) is 21.9. The second-order valence-electron chi connectivity index (χ2n) is 8.04. The molecule has 30 heavy (non-hydrogen) atoms. The number of nitrogens with one attached hydrogen (secondary N) is 1. The molecule has 0 saturated carbocycles. The molecule has 0 amide bonds. The van der Waals surface area contributed by atoms with E-state index in [2.05, 4.69) is 10.3 Å². The number of methoxy groups -OCH3 is 1. The van der Waals surface area contributed by atoms with Crippen LogP contribution in [0.5, 0.6) is 5.75 Å². The number of ether oxygens (including phenoxy) is 2. The summed E-state index contributed by atoms with van der Waals surface area (Å²) < 4.78 is 10.7. The van der Waals surface area contributed by atoms with E-state index in [9.17, 15) is 4.79 Å². The summed E-state index contributed by atoms with van der Waals surface area (Å²) in [6.45, 7) is 7.25. The van der Waals surface area contributed by atoms with Gasteiger partial charge in [-0.15, -0.1) is 0 Å². The van der Waals surface area contributed by atoms with Crippen molar-refractivity contribution in [3.05, 3.63) is 48.5 Å². The number of benzene rings is 2. The summed E-state index contributed by atoms with van der Waals surface area (Å²) in [5, 5.41) is 3.99. The summed E-state index contributed by atoms with van der Waals surface area (Å²) >= 11 is 0. The monoisotopic (exact) mass is 408 g/mol. The Kier molecular flexibility index (Phi) is 6.10. The number of carbonyl (C=O) groups is 1. The molecule has 0 saturated heterocycles. The molecule has 7 heteroatoms. The molecule has 0 bridgehead atoms. The van der Waals surface area contributed by atoms with Gasteiger partial charge in [0.15, 0.2) is 0 Å². The summed E-state index contributed by atoms with van der Waals surface area (Å²) in [6, 6.07) is 14.9. The summed E-state index contributed by atoms with van der Waals surface area (Å²) in [7, 11) is 3.58. The van der Waals surface area contributed by atoms with Crippen LogP contribution in [0.2, 0.25) is 0 Å². The lowest BCUT2D eigenvalue weighted by atomic mass is 10.2. The number of hydrogen-bond donors (Lipinski definition) is 1.